The molecule has 1 aliphatic rings. The molecule has 1 fully saturated rings. The van der Waals surface area contributed by atoms with Crippen molar-refractivity contribution in [2.75, 3.05) is 25.5 Å². The standard InChI is InChI=1S/C11H19NO4S/c1-11(2,3)17-7-9(13)12-4-5-16-6-8(12)10(14)15/h8H,4-7H2,1-3H3,(H,14,15). The number of carbonyl (C=O) groups is 2. The lowest BCUT2D eigenvalue weighted by atomic mass is 10.2. The average Bonchev–Trinajstić information content (AvgIpc) is 2.25. The summed E-state index contributed by atoms with van der Waals surface area (Å²) in [5.74, 6) is -0.813. The molecular formula is C11H19NO4S. The quantitative estimate of drug-likeness (QED) is 0.815. The molecule has 0 saturated carbocycles. The van der Waals surface area contributed by atoms with Gasteiger partial charge >= 0.3 is 5.97 Å². The largest absolute Gasteiger partial charge is 0.480 e. The van der Waals surface area contributed by atoms with Gasteiger partial charge in [-0.05, 0) is 0 Å². The second-order valence-electron chi connectivity index (χ2n) is 4.92. The molecule has 1 N–H and O–H groups in total. The molecule has 1 unspecified atom stereocenters. The number of carbonyl (C=O) groups excluding carboxylic acids is 1. The summed E-state index contributed by atoms with van der Waals surface area (Å²) in [5.41, 5.74) is 0. The molecule has 6 heteroatoms. The Balaban J connectivity index is 2.56. The van der Waals surface area contributed by atoms with Gasteiger partial charge in [0.1, 0.15) is 0 Å². The Morgan fingerprint density at radius 3 is 2.65 bits per heavy atom. The summed E-state index contributed by atoms with van der Waals surface area (Å²) in [6.07, 6.45) is 0. The molecule has 0 spiro atoms. The van der Waals surface area contributed by atoms with Crippen LogP contribution in [-0.2, 0) is 14.3 Å². The van der Waals surface area contributed by atoms with Crippen molar-refractivity contribution in [3.8, 4) is 0 Å². The zero-order chi connectivity index (χ0) is 13.1. The van der Waals surface area contributed by atoms with Crippen LogP contribution in [0, 0.1) is 0 Å². The van der Waals surface area contributed by atoms with Gasteiger partial charge in [-0.3, -0.25) is 4.79 Å². The fourth-order valence-corrected chi connectivity index (χ4v) is 2.19. The summed E-state index contributed by atoms with van der Waals surface area (Å²) in [6, 6.07) is -0.836. The van der Waals surface area contributed by atoms with Gasteiger partial charge in [-0.25, -0.2) is 4.79 Å². The molecule has 1 saturated heterocycles. The Bertz CT molecular complexity index is 300. The second-order valence-corrected chi connectivity index (χ2v) is 6.72. The molecule has 1 heterocycles. The van der Waals surface area contributed by atoms with Crippen LogP contribution >= 0.6 is 11.8 Å². The van der Waals surface area contributed by atoms with E-state index in [1.54, 1.807) is 0 Å². The number of morpholine rings is 1. The predicted molar refractivity (Wildman–Crippen MR) is 66.2 cm³/mol. The third kappa shape index (κ3) is 4.55. The lowest BCUT2D eigenvalue weighted by Gasteiger charge is -2.33. The summed E-state index contributed by atoms with van der Waals surface area (Å²) in [7, 11) is 0. The van der Waals surface area contributed by atoms with Gasteiger partial charge in [-0.15, -0.1) is 11.8 Å². The molecule has 17 heavy (non-hydrogen) atoms. The maximum atomic E-state index is 11.9. The first-order chi connectivity index (χ1) is 7.81. The van der Waals surface area contributed by atoms with Crippen LogP contribution < -0.4 is 0 Å². The Morgan fingerprint density at radius 2 is 2.12 bits per heavy atom. The zero-order valence-electron chi connectivity index (χ0n) is 10.4. The van der Waals surface area contributed by atoms with E-state index < -0.39 is 12.0 Å². The first-order valence-corrected chi connectivity index (χ1v) is 6.54. The van der Waals surface area contributed by atoms with Gasteiger partial charge in [0, 0.05) is 11.3 Å². The number of amides is 1. The fourth-order valence-electron chi connectivity index (χ4n) is 1.47. The summed E-state index contributed by atoms with van der Waals surface area (Å²) >= 11 is 1.52. The van der Waals surface area contributed by atoms with Crippen molar-refractivity contribution in [1.82, 2.24) is 4.90 Å². The normalized spacial score (nSPS) is 21.4. The summed E-state index contributed by atoms with van der Waals surface area (Å²) in [4.78, 5) is 24.3. The Hall–Kier alpha value is -0.750. The van der Waals surface area contributed by atoms with Crippen LogP contribution in [-0.4, -0.2) is 58.2 Å². The van der Waals surface area contributed by atoms with Gasteiger partial charge in [0.15, 0.2) is 6.04 Å². The monoisotopic (exact) mass is 261 g/mol. The summed E-state index contributed by atoms with van der Waals surface area (Å²) < 4.78 is 5.09. The van der Waals surface area contributed by atoms with E-state index in [1.807, 2.05) is 20.8 Å². The number of aliphatic carboxylic acids is 1. The topological polar surface area (TPSA) is 66.8 Å². The molecule has 5 nitrogen and oxygen atoms in total. The molecule has 0 aromatic rings. The van der Waals surface area contributed by atoms with Crippen LogP contribution in [0.2, 0.25) is 0 Å². The van der Waals surface area contributed by atoms with E-state index in [9.17, 15) is 9.59 Å². The Labute approximate surface area is 105 Å². The Kier molecular flexibility index (Phi) is 4.82. The molecule has 98 valence electrons. The van der Waals surface area contributed by atoms with Crippen molar-refractivity contribution in [2.24, 2.45) is 0 Å². The van der Waals surface area contributed by atoms with Gasteiger partial charge in [-0.1, -0.05) is 20.8 Å². The van der Waals surface area contributed by atoms with Crippen LogP contribution in [0.1, 0.15) is 20.8 Å². The van der Waals surface area contributed by atoms with Gasteiger partial charge in [0.25, 0.3) is 0 Å². The highest BCUT2D eigenvalue weighted by molar-refractivity contribution is 8.01. The number of carboxylic acids is 1. The minimum Gasteiger partial charge on any atom is -0.480 e. The van der Waals surface area contributed by atoms with E-state index in [0.29, 0.717) is 18.9 Å². The average molecular weight is 261 g/mol. The third-order valence-electron chi connectivity index (χ3n) is 2.36. The maximum absolute atomic E-state index is 11.9. The molecule has 1 amide bonds. The van der Waals surface area contributed by atoms with Crippen LogP contribution in [0.3, 0.4) is 0 Å². The van der Waals surface area contributed by atoms with Crippen molar-refractivity contribution in [3.05, 3.63) is 0 Å². The minimum atomic E-state index is -1.00. The van der Waals surface area contributed by atoms with Crippen molar-refractivity contribution in [3.63, 3.8) is 0 Å². The van der Waals surface area contributed by atoms with E-state index >= 15 is 0 Å². The van der Waals surface area contributed by atoms with Crippen molar-refractivity contribution >= 4 is 23.6 Å². The van der Waals surface area contributed by atoms with Crippen LogP contribution in [0.25, 0.3) is 0 Å². The van der Waals surface area contributed by atoms with Gasteiger partial charge in [0.05, 0.1) is 19.0 Å². The number of rotatable bonds is 3. The van der Waals surface area contributed by atoms with Crippen molar-refractivity contribution in [2.45, 2.75) is 31.6 Å². The highest BCUT2D eigenvalue weighted by Gasteiger charge is 2.32. The number of thioether (sulfide) groups is 1. The first kappa shape index (κ1) is 14.3. The summed E-state index contributed by atoms with van der Waals surface area (Å²) in [5, 5.41) is 9.00. The number of hydrogen-bond donors (Lipinski definition) is 1. The Morgan fingerprint density at radius 1 is 1.47 bits per heavy atom. The molecule has 0 aromatic heterocycles. The minimum absolute atomic E-state index is 0.000662. The SMILES string of the molecule is CC(C)(C)SCC(=O)N1CCOCC1C(=O)O. The molecule has 0 aromatic carbocycles. The highest BCUT2D eigenvalue weighted by Crippen LogP contribution is 2.23. The molecule has 0 bridgehead atoms. The van der Waals surface area contributed by atoms with Crippen LogP contribution in [0.5, 0.6) is 0 Å². The van der Waals surface area contributed by atoms with Gasteiger partial charge < -0.3 is 14.7 Å². The third-order valence-corrected chi connectivity index (χ3v) is 3.62. The lowest BCUT2D eigenvalue weighted by molar-refractivity contribution is -0.157. The predicted octanol–water partition coefficient (Wildman–Crippen LogP) is 0.830. The van der Waals surface area contributed by atoms with E-state index in [0.717, 1.165) is 0 Å². The van der Waals surface area contributed by atoms with Gasteiger partial charge in [-0.2, -0.15) is 0 Å². The number of nitrogens with zero attached hydrogens (tertiary/aromatic N) is 1. The number of ether oxygens (including phenoxy) is 1. The lowest BCUT2D eigenvalue weighted by Crippen LogP contribution is -2.53. The number of carboxylic acid groups (broad SMARTS) is 1. The number of hydrogen-bond acceptors (Lipinski definition) is 4. The molecule has 1 aliphatic heterocycles. The molecule has 1 atom stereocenters. The molecule has 1 rings (SSSR count). The molecule has 0 radical (unpaired) electrons. The van der Waals surface area contributed by atoms with E-state index in [2.05, 4.69) is 0 Å². The van der Waals surface area contributed by atoms with Gasteiger partial charge in [0.2, 0.25) is 5.91 Å². The van der Waals surface area contributed by atoms with E-state index in [4.69, 9.17) is 9.84 Å². The molecular weight excluding hydrogens is 242 g/mol. The zero-order valence-corrected chi connectivity index (χ0v) is 11.2. The van der Waals surface area contributed by atoms with Crippen LogP contribution in [0.15, 0.2) is 0 Å². The molecule has 0 aliphatic carbocycles. The highest BCUT2D eigenvalue weighted by atomic mass is 32.2. The van der Waals surface area contributed by atoms with E-state index in [-0.39, 0.29) is 17.3 Å². The summed E-state index contributed by atoms with van der Waals surface area (Å²) in [6.45, 7) is 6.94. The second kappa shape index (κ2) is 5.73. The van der Waals surface area contributed by atoms with Crippen molar-refractivity contribution < 1.29 is 19.4 Å². The fraction of sp³-hybridized carbons (Fsp3) is 0.818. The smallest absolute Gasteiger partial charge is 0.328 e. The van der Waals surface area contributed by atoms with Crippen molar-refractivity contribution in [1.29, 1.82) is 0 Å². The van der Waals surface area contributed by atoms with Crippen LogP contribution in [0.4, 0.5) is 0 Å². The first-order valence-electron chi connectivity index (χ1n) is 5.55. The van der Waals surface area contributed by atoms with E-state index in [1.165, 1.54) is 16.7 Å². The maximum Gasteiger partial charge on any atom is 0.328 e.